The smallest absolute Gasteiger partial charge is 0.257 e. The highest BCUT2D eigenvalue weighted by molar-refractivity contribution is 9.10. The van der Waals surface area contributed by atoms with Crippen LogP contribution in [0.4, 0.5) is 19.0 Å². The fourth-order valence-electron chi connectivity index (χ4n) is 1.49. The summed E-state index contributed by atoms with van der Waals surface area (Å²) in [5, 5.41) is 2.37. The summed E-state index contributed by atoms with van der Waals surface area (Å²) >= 11 is 3.25. The van der Waals surface area contributed by atoms with Crippen molar-refractivity contribution in [3.8, 4) is 0 Å². The van der Waals surface area contributed by atoms with Crippen LogP contribution in [0.3, 0.4) is 0 Å². The van der Waals surface area contributed by atoms with Crippen LogP contribution in [0.25, 0.3) is 0 Å². The molecule has 0 spiro atoms. The molecular weight excluding hydrogens is 337 g/mol. The number of aromatic nitrogens is 1. The van der Waals surface area contributed by atoms with Gasteiger partial charge in [0.05, 0.1) is 5.69 Å². The van der Waals surface area contributed by atoms with Gasteiger partial charge in [0.15, 0.2) is 17.5 Å². The summed E-state index contributed by atoms with van der Waals surface area (Å²) in [5.74, 6) is -5.01. The Morgan fingerprint density at radius 1 is 1.20 bits per heavy atom. The first-order chi connectivity index (χ1) is 9.38. The normalized spacial score (nSPS) is 10.4. The number of carbonyl (C=O) groups is 1. The average Bonchev–Trinajstić information content (AvgIpc) is 2.39. The highest BCUT2D eigenvalue weighted by Gasteiger charge is 2.15. The number of pyridine rings is 1. The molecule has 7 heteroatoms. The highest BCUT2D eigenvalue weighted by atomic mass is 79.9. The molecule has 3 nitrogen and oxygen atoms in total. The van der Waals surface area contributed by atoms with Crippen LogP contribution in [0.2, 0.25) is 0 Å². The number of amides is 1. The SMILES string of the molecule is Cc1nc(NC(=O)c2cc(F)c(F)c(F)c2)ccc1Br. The van der Waals surface area contributed by atoms with Gasteiger partial charge < -0.3 is 5.32 Å². The van der Waals surface area contributed by atoms with Crippen molar-refractivity contribution in [3.63, 3.8) is 0 Å². The van der Waals surface area contributed by atoms with E-state index in [0.717, 1.165) is 4.47 Å². The Kier molecular flexibility index (Phi) is 4.08. The van der Waals surface area contributed by atoms with Crippen LogP contribution in [-0.4, -0.2) is 10.9 Å². The number of anilines is 1. The van der Waals surface area contributed by atoms with Crippen LogP contribution in [0.1, 0.15) is 16.1 Å². The van der Waals surface area contributed by atoms with E-state index in [9.17, 15) is 18.0 Å². The molecule has 0 radical (unpaired) electrons. The third-order valence-electron chi connectivity index (χ3n) is 2.51. The zero-order chi connectivity index (χ0) is 14.9. The van der Waals surface area contributed by atoms with Crippen molar-refractivity contribution in [1.29, 1.82) is 0 Å². The van der Waals surface area contributed by atoms with Gasteiger partial charge in [0.25, 0.3) is 5.91 Å². The monoisotopic (exact) mass is 344 g/mol. The van der Waals surface area contributed by atoms with Crippen LogP contribution < -0.4 is 5.32 Å². The number of hydrogen-bond acceptors (Lipinski definition) is 2. The molecule has 0 atom stereocenters. The number of rotatable bonds is 2. The summed E-state index contributed by atoms with van der Waals surface area (Å²) in [5.41, 5.74) is 0.308. The number of nitrogens with one attached hydrogen (secondary N) is 1. The summed E-state index contributed by atoms with van der Waals surface area (Å²) in [6, 6.07) is 4.44. The van der Waals surface area contributed by atoms with E-state index in [-0.39, 0.29) is 11.4 Å². The minimum Gasteiger partial charge on any atom is -0.307 e. The first-order valence-electron chi connectivity index (χ1n) is 5.47. The average molecular weight is 345 g/mol. The van der Waals surface area contributed by atoms with E-state index in [1.165, 1.54) is 6.07 Å². The first kappa shape index (κ1) is 14.5. The largest absolute Gasteiger partial charge is 0.307 e. The van der Waals surface area contributed by atoms with Gasteiger partial charge in [-0.25, -0.2) is 18.2 Å². The van der Waals surface area contributed by atoms with Gasteiger partial charge in [0.1, 0.15) is 5.82 Å². The topological polar surface area (TPSA) is 42.0 Å². The van der Waals surface area contributed by atoms with Crippen molar-refractivity contribution in [2.45, 2.75) is 6.92 Å². The maximum absolute atomic E-state index is 13.0. The molecule has 0 bridgehead atoms. The van der Waals surface area contributed by atoms with Crippen LogP contribution in [0.5, 0.6) is 0 Å². The van der Waals surface area contributed by atoms with E-state index >= 15 is 0 Å². The van der Waals surface area contributed by atoms with Crippen molar-refractivity contribution in [3.05, 3.63) is 57.4 Å². The van der Waals surface area contributed by atoms with Gasteiger partial charge >= 0.3 is 0 Å². The summed E-state index contributed by atoms with van der Waals surface area (Å²) in [4.78, 5) is 15.9. The Morgan fingerprint density at radius 3 is 2.35 bits per heavy atom. The van der Waals surface area contributed by atoms with E-state index in [4.69, 9.17) is 0 Å². The second kappa shape index (κ2) is 5.62. The molecular formula is C13H8BrF3N2O. The predicted molar refractivity (Wildman–Crippen MR) is 70.9 cm³/mol. The number of nitrogens with zero attached hydrogens (tertiary/aromatic N) is 1. The summed E-state index contributed by atoms with van der Waals surface area (Å²) in [7, 11) is 0. The van der Waals surface area contributed by atoms with Gasteiger partial charge in [-0.1, -0.05) is 0 Å². The molecule has 0 fully saturated rings. The zero-order valence-electron chi connectivity index (χ0n) is 10.2. The standard InChI is InChI=1S/C13H8BrF3N2O/c1-6-8(14)2-3-11(18-6)19-13(20)7-4-9(15)12(17)10(16)5-7/h2-5H,1H3,(H,18,19,20). The van der Waals surface area contributed by atoms with E-state index in [1.807, 2.05) is 0 Å². The molecule has 1 aromatic carbocycles. The molecule has 0 unspecified atom stereocenters. The molecule has 1 aromatic heterocycles. The Balaban J connectivity index is 2.26. The number of carbonyl (C=O) groups excluding carboxylic acids is 1. The minimum absolute atomic E-state index is 0.223. The van der Waals surface area contributed by atoms with Gasteiger partial charge in [-0.2, -0.15) is 0 Å². The van der Waals surface area contributed by atoms with Crippen LogP contribution >= 0.6 is 15.9 Å². The molecule has 1 amide bonds. The molecule has 20 heavy (non-hydrogen) atoms. The third kappa shape index (κ3) is 2.98. The molecule has 0 saturated carbocycles. The van der Waals surface area contributed by atoms with Gasteiger partial charge in [0, 0.05) is 10.0 Å². The first-order valence-corrected chi connectivity index (χ1v) is 6.27. The molecule has 1 heterocycles. The van der Waals surface area contributed by atoms with E-state index in [1.54, 1.807) is 13.0 Å². The number of benzene rings is 1. The fourth-order valence-corrected chi connectivity index (χ4v) is 1.71. The third-order valence-corrected chi connectivity index (χ3v) is 3.35. The molecule has 2 aromatic rings. The van der Waals surface area contributed by atoms with Crippen LogP contribution in [0.15, 0.2) is 28.7 Å². The summed E-state index contributed by atoms with van der Waals surface area (Å²) in [6.07, 6.45) is 0. The Bertz CT molecular complexity index is 668. The summed E-state index contributed by atoms with van der Waals surface area (Å²) < 4.78 is 39.6. The molecule has 0 aliphatic rings. The second-order valence-electron chi connectivity index (χ2n) is 3.97. The van der Waals surface area contributed by atoms with Crippen molar-refractivity contribution in [2.24, 2.45) is 0 Å². The molecule has 1 N–H and O–H groups in total. The number of aryl methyl sites for hydroxylation is 1. The van der Waals surface area contributed by atoms with E-state index < -0.39 is 23.4 Å². The highest BCUT2D eigenvalue weighted by Crippen LogP contribution is 2.18. The minimum atomic E-state index is -1.61. The fraction of sp³-hybridized carbons (Fsp3) is 0.0769. The van der Waals surface area contributed by atoms with Gasteiger partial charge in [-0.15, -0.1) is 0 Å². The maximum Gasteiger partial charge on any atom is 0.257 e. The molecule has 104 valence electrons. The zero-order valence-corrected chi connectivity index (χ0v) is 11.8. The Labute approximate surface area is 121 Å². The van der Waals surface area contributed by atoms with Gasteiger partial charge in [-0.05, 0) is 47.1 Å². The van der Waals surface area contributed by atoms with E-state index in [2.05, 4.69) is 26.2 Å². The van der Waals surface area contributed by atoms with Crippen LogP contribution in [-0.2, 0) is 0 Å². The predicted octanol–water partition coefficient (Wildman–Crippen LogP) is 3.82. The molecule has 0 aliphatic heterocycles. The second-order valence-corrected chi connectivity index (χ2v) is 4.83. The Hall–Kier alpha value is -1.89. The van der Waals surface area contributed by atoms with Gasteiger partial charge in [-0.3, -0.25) is 4.79 Å². The summed E-state index contributed by atoms with van der Waals surface area (Å²) in [6.45, 7) is 1.72. The number of halogens is 4. The maximum atomic E-state index is 13.0. The molecule has 0 saturated heterocycles. The molecule has 2 rings (SSSR count). The van der Waals surface area contributed by atoms with Crippen molar-refractivity contribution < 1.29 is 18.0 Å². The van der Waals surface area contributed by atoms with Crippen molar-refractivity contribution in [1.82, 2.24) is 4.98 Å². The lowest BCUT2D eigenvalue weighted by molar-refractivity contribution is 0.102. The van der Waals surface area contributed by atoms with Crippen molar-refractivity contribution in [2.75, 3.05) is 5.32 Å². The molecule has 0 aliphatic carbocycles. The number of hydrogen-bond donors (Lipinski definition) is 1. The van der Waals surface area contributed by atoms with Crippen molar-refractivity contribution >= 4 is 27.7 Å². The lowest BCUT2D eigenvalue weighted by atomic mass is 10.2. The van der Waals surface area contributed by atoms with E-state index in [0.29, 0.717) is 17.8 Å². The lowest BCUT2D eigenvalue weighted by Crippen LogP contribution is -2.14. The quantitative estimate of drug-likeness (QED) is 0.841. The Morgan fingerprint density at radius 2 is 1.80 bits per heavy atom. The van der Waals surface area contributed by atoms with Crippen LogP contribution in [0, 0.1) is 24.4 Å². The van der Waals surface area contributed by atoms with Gasteiger partial charge in [0.2, 0.25) is 0 Å². The lowest BCUT2D eigenvalue weighted by Gasteiger charge is -2.07.